The molecular weight excluding hydrogens is 569 g/mol. The Morgan fingerprint density at radius 3 is 2.62 bits per heavy atom. The molecule has 1 aliphatic heterocycles. The molecule has 168 valence electrons. The molecule has 1 aliphatic rings. The highest BCUT2D eigenvalue weighted by molar-refractivity contribution is 14.1. The van der Waals surface area contributed by atoms with Gasteiger partial charge in [-0.1, -0.05) is 29.8 Å². The Bertz CT molecular complexity index is 1110. The summed E-state index contributed by atoms with van der Waals surface area (Å²) in [5, 5.41) is 0.0792. The first-order chi connectivity index (χ1) is 15.3. The molecule has 1 heterocycles. The van der Waals surface area contributed by atoms with Gasteiger partial charge < -0.3 is 14.2 Å². The number of carbonyl (C=O) groups is 3. The van der Waals surface area contributed by atoms with Crippen molar-refractivity contribution >= 4 is 69.1 Å². The molecule has 10 heteroatoms. The minimum atomic E-state index is -1.01. The quantitative estimate of drug-likeness (QED) is 0.252. The topological polar surface area (TPSA) is 82.1 Å². The van der Waals surface area contributed by atoms with Gasteiger partial charge in [-0.15, -0.1) is 0 Å². The normalized spacial score (nSPS) is 15.8. The van der Waals surface area contributed by atoms with Crippen LogP contribution in [0, 0.1) is 3.57 Å². The number of halogens is 2. The van der Waals surface area contributed by atoms with Gasteiger partial charge in [0.1, 0.15) is 12.6 Å². The fourth-order valence-electron chi connectivity index (χ4n) is 2.97. The molecule has 0 aromatic heterocycles. The Hall–Kier alpha value is -2.24. The summed E-state index contributed by atoms with van der Waals surface area (Å²) in [6.07, 6.45) is 1.58. The number of nitrogens with zero attached hydrogens (tertiary/aromatic N) is 1. The fraction of sp³-hybridized carbons (Fsp3) is 0.227. The van der Waals surface area contributed by atoms with Crippen LogP contribution in [0.1, 0.15) is 18.1 Å². The van der Waals surface area contributed by atoms with Crippen molar-refractivity contribution in [3.8, 4) is 11.5 Å². The number of imide groups is 1. The third kappa shape index (κ3) is 5.21. The summed E-state index contributed by atoms with van der Waals surface area (Å²) in [4.78, 5) is 37.9. The molecule has 0 spiro atoms. The van der Waals surface area contributed by atoms with Crippen molar-refractivity contribution < 1.29 is 28.6 Å². The number of benzene rings is 2. The van der Waals surface area contributed by atoms with Crippen molar-refractivity contribution in [2.75, 3.05) is 14.2 Å². The van der Waals surface area contributed by atoms with Gasteiger partial charge in [0.2, 0.25) is 0 Å². The van der Waals surface area contributed by atoms with Crippen LogP contribution in [0.15, 0.2) is 41.3 Å². The zero-order valence-corrected chi connectivity index (χ0v) is 21.1. The molecule has 7 nitrogen and oxygen atoms in total. The lowest BCUT2D eigenvalue weighted by Crippen LogP contribution is -2.42. The van der Waals surface area contributed by atoms with Crippen LogP contribution in [0.5, 0.6) is 11.5 Å². The van der Waals surface area contributed by atoms with Crippen LogP contribution in [0.2, 0.25) is 5.02 Å². The number of ether oxygens (including phenoxy) is 3. The average molecular weight is 588 g/mol. The van der Waals surface area contributed by atoms with E-state index in [-0.39, 0.29) is 11.5 Å². The molecule has 2 aromatic carbocycles. The maximum absolute atomic E-state index is 12.7. The molecule has 0 radical (unpaired) electrons. The summed E-state index contributed by atoms with van der Waals surface area (Å²) < 4.78 is 16.8. The Morgan fingerprint density at radius 1 is 1.25 bits per heavy atom. The lowest BCUT2D eigenvalue weighted by molar-refractivity contribution is -0.148. The first-order valence-electron chi connectivity index (χ1n) is 9.35. The summed E-state index contributed by atoms with van der Waals surface area (Å²) >= 11 is 9.08. The largest absolute Gasteiger partial charge is 0.493 e. The Morgan fingerprint density at radius 2 is 1.97 bits per heavy atom. The average Bonchev–Trinajstić information content (AvgIpc) is 3.05. The van der Waals surface area contributed by atoms with Crippen LogP contribution in [-0.4, -0.2) is 42.3 Å². The van der Waals surface area contributed by atoms with E-state index in [1.54, 1.807) is 18.2 Å². The number of rotatable bonds is 7. The van der Waals surface area contributed by atoms with Gasteiger partial charge in [0.05, 0.1) is 22.7 Å². The van der Waals surface area contributed by atoms with Crippen molar-refractivity contribution in [1.29, 1.82) is 0 Å². The van der Waals surface area contributed by atoms with Gasteiger partial charge in [0, 0.05) is 10.6 Å². The molecule has 0 saturated carbocycles. The molecule has 0 N–H and O–H groups in total. The van der Waals surface area contributed by atoms with E-state index >= 15 is 0 Å². The van der Waals surface area contributed by atoms with Crippen molar-refractivity contribution in [3.05, 3.63) is 61.0 Å². The monoisotopic (exact) mass is 587 g/mol. The van der Waals surface area contributed by atoms with Crippen LogP contribution in [-0.2, 0) is 20.9 Å². The van der Waals surface area contributed by atoms with Crippen molar-refractivity contribution in [1.82, 2.24) is 4.90 Å². The summed E-state index contributed by atoms with van der Waals surface area (Å²) in [5.74, 6) is -0.203. The number of esters is 1. The number of hydrogen-bond donors (Lipinski definition) is 0. The molecule has 1 fully saturated rings. The van der Waals surface area contributed by atoms with Gasteiger partial charge in [0.25, 0.3) is 11.1 Å². The molecule has 0 unspecified atom stereocenters. The van der Waals surface area contributed by atoms with E-state index < -0.39 is 23.2 Å². The van der Waals surface area contributed by atoms with Gasteiger partial charge in [-0.2, -0.15) is 0 Å². The highest BCUT2D eigenvalue weighted by Crippen LogP contribution is 2.38. The molecule has 3 rings (SSSR count). The zero-order valence-electron chi connectivity index (χ0n) is 17.4. The number of carbonyl (C=O) groups excluding carboxylic acids is 3. The van der Waals surface area contributed by atoms with Gasteiger partial charge in [-0.3, -0.25) is 14.5 Å². The lowest BCUT2D eigenvalue weighted by atomic mass is 10.1. The predicted octanol–water partition coefficient (Wildman–Crippen LogP) is 5.13. The van der Waals surface area contributed by atoms with Crippen molar-refractivity contribution in [3.63, 3.8) is 0 Å². The van der Waals surface area contributed by atoms with Crippen molar-refractivity contribution in [2.45, 2.75) is 19.6 Å². The van der Waals surface area contributed by atoms with Crippen LogP contribution in [0.3, 0.4) is 0 Å². The molecule has 0 aliphatic carbocycles. The molecule has 2 amide bonds. The molecule has 32 heavy (non-hydrogen) atoms. The highest BCUT2D eigenvalue weighted by Gasteiger charge is 2.41. The summed E-state index contributed by atoms with van der Waals surface area (Å²) in [6, 6.07) is 9.91. The standard InChI is InChI=1S/C22H19ClINO6S/c1-12(21(27)30-3)25-20(26)18(32-22(25)28)10-13-8-16(24)19(17(9-13)29-2)31-11-14-6-4-5-7-15(14)23/h4-10,12H,11H2,1-3H3/b18-10+/t12-/m0/s1. The van der Waals surface area contributed by atoms with E-state index in [0.29, 0.717) is 22.1 Å². The zero-order chi connectivity index (χ0) is 23.4. The predicted molar refractivity (Wildman–Crippen MR) is 131 cm³/mol. The first-order valence-corrected chi connectivity index (χ1v) is 11.6. The second kappa shape index (κ2) is 10.6. The minimum absolute atomic E-state index is 0.202. The number of methoxy groups -OCH3 is 2. The van der Waals surface area contributed by atoms with E-state index in [1.807, 2.05) is 24.3 Å². The van der Waals surface area contributed by atoms with Gasteiger partial charge >= 0.3 is 5.97 Å². The van der Waals surface area contributed by atoms with E-state index in [4.69, 9.17) is 21.1 Å². The van der Waals surface area contributed by atoms with E-state index in [2.05, 4.69) is 27.3 Å². The number of thioether (sulfide) groups is 1. The molecule has 2 aromatic rings. The molecular formula is C22H19ClINO6S. The highest BCUT2D eigenvalue weighted by atomic mass is 127. The Balaban J connectivity index is 1.85. The summed E-state index contributed by atoms with van der Waals surface area (Å²) in [6.45, 7) is 1.71. The second-order valence-electron chi connectivity index (χ2n) is 6.67. The van der Waals surface area contributed by atoms with Crippen molar-refractivity contribution in [2.24, 2.45) is 0 Å². The first kappa shape index (κ1) is 24.4. The van der Waals surface area contributed by atoms with Crippen LogP contribution < -0.4 is 9.47 Å². The van der Waals surface area contributed by atoms with E-state index in [9.17, 15) is 14.4 Å². The number of hydrogen-bond acceptors (Lipinski definition) is 7. The van der Waals surface area contributed by atoms with Gasteiger partial charge in [-0.05, 0) is 71.1 Å². The maximum atomic E-state index is 12.7. The molecule has 1 atom stereocenters. The lowest BCUT2D eigenvalue weighted by Gasteiger charge is -2.18. The molecule has 0 bridgehead atoms. The SMILES string of the molecule is COC(=O)[C@H](C)N1C(=O)S/C(=C/c2cc(I)c(OCc3ccccc3Cl)c(OC)c2)C1=O. The van der Waals surface area contributed by atoms with Crippen LogP contribution in [0.25, 0.3) is 6.08 Å². The van der Waals surface area contributed by atoms with E-state index in [0.717, 1.165) is 25.8 Å². The smallest absolute Gasteiger partial charge is 0.328 e. The van der Waals surface area contributed by atoms with E-state index in [1.165, 1.54) is 21.1 Å². The second-order valence-corrected chi connectivity index (χ2v) is 9.23. The summed E-state index contributed by atoms with van der Waals surface area (Å²) in [5.41, 5.74) is 1.48. The Kier molecular flexibility index (Phi) is 8.07. The van der Waals surface area contributed by atoms with Gasteiger partial charge in [0.15, 0.2) is 11.5 Å². The van der Waals surface area contributed by atoms with Crippen LogP contribution >= 0.6 is 46.0 Å². The Labute approximate surface area is 208 Å². The molecule has 1 saturated heterocycles. The summed E-state index contributed by atoms with van der Waals surface area (Å²) in [7, 11) is 2.72. The number of amides is 2. The minimum Gasteiger partial charge on any atom is -0.493 e. The third-order valence-electron chi connectivity index (χ3n) is 4.63. The van der Waals surface area contributed by atoms with Crippen LogP contribution in [0.4, 0.5) is 4.79 Å². The third-order valence-corrected chi connectivity index (χ3v) is 6.69. The fourth-order valence-corrected chi connectivity index (χ4v) is 4.85. The van der Waals surface area contributed by atoms with Gasteiger partial charge in [-0.25, -0.2) is 4.79 Å². The maximum Gasteiger partial charge on any atom is 0.328 e.